The first-order chi connectivity index (χ1) is 15.1. The number of aliphatic carboxylic acids is 1. The predicted molar refractivity (Wildman–Crippen MR) is 112 cm³/mol. The van der Waals surface area contributed by atoms with Crippen LogP contribution in [-0.4, -0.2) is 43.4 Å². The SMILES string of the molecule is CCCC(C(C(=O)O)C1Cc2ccccc2OC1(O)O)C1Cc2ccccc2OC1(O)O. The van der Waals surface area contributed by atoms with Gasteiger partial charge in [0.25, 0.3) is 0 Å². The maximum absolute atomic E-state index is 12.5. The van der Waals surface area contributed by atoms with Crippen LogP contribution >= 0.6 is 0 Å². The molecule has 0 aliphatic carbocycles. The fraction of sp³-hybridized carbons (Fsp3) is 0.458. The van der Waals surface area contributed by atoms with E-state index in [-0.39, 0.29) is 18.6 Å². The summed E-state index contributed by atoms with van der Waals surface area (Å²) in [5.41, 5.74) is 1.38. The third kappa shape index (κ3) is 4.06. The van der Waals surface area contributed by atoms with Gasteiger partial charge < -0.3 is 35.0 Å². The van der Waals surface area contributed by atoms with E-state index in [0.717, 1.165) is 5.56 Å². The maximum atomic E-state index is 12.5. The highest BCUT2D eigenvalue weighted by molar-refractivity contribution is 5.71. The first-order valence-corrected chi connectivity index (χ1v) is 10.8. The Morgan fingerprint density at radius 1 is 0.906 bits per heavy atom. The van der Waals surface area contributed by atoms with Crippen molar-refractivity contribution in [3.8, 4) is 11.5 Å². The molecule has 8 nitrogen and oxygen atoms in total. The van der Waals surface area contributed by atoms with Gasteiger partial charge in [-0.1, -0.05) is 49.7 Å². The molecule has 2 aromatic carbocycles. The van der Waals surface area contributed by atoms with Crippen LogP contribution in [0.25, 0.3) is 0 Å². The third-order valence-corrected chi connectivity index (χ3v) is 6.63. The Balaban J connectivity index is 1.74. The highest BCUT2D eigenvalue weighted by Crippen LogP contribution is 2.48. The number of carbonyl (C=O) groups is 1. The van der Waals surface area contributed by atoms with E-state index in [1.807, 2.05) is 6.92 Å². The Morgan fingerprint density at radius 2 is 1.38 bits per heavy atom. The summed E-state index contributed by atoms with van der Waals surface area (Å²) < 4.78 is 10.8. The van der Waals surface area contributed by atoms with E-state index >= 15 is 0 Å². The van der Waals surface area contributed by atoms with Crippen molar-refractivity contribution in [1.29, 1.82) is 0 Å². The first-order valence-electron chi connectivity index (χ1n) is 10.8. The molecule has 0 radical (unpaired) electrons. The molecule has 4 unspecified atom stereocenters. The van der Waals surface area contributed by atoms with Gasteiger partial charge in [-0.2, -0.15) is 0 Å². The van der Waals surface area contributed by atoms with Crippen LogP contribution in [0.1, 0.15) is 30.9 Å². The minimum atomic E-state index is -2.73. The molecule has 5 N–H and O–H groups in total. The average molecular weight is 444 g/mol. The molecule has 0 bridgehead atoms. The van der Waals surface area contributed by atoms with Gasteiger partial charge in [-0.15, -0.1) is 0 Å². The second-order valence-corrected chi connectivity index (χ2v) is 8.67. The molecular formula is C24H28O8. The normalized spacial score (nSPS) is 24.8. The summed E-state index contributed by atoms with van der Waals surface area (Å²) in [6.07, 6.45) is 1.08. The predicted octanol–water partition coefficient (Wildman–Crippen LogP) is 1.88. The van der Waals surface area contributed by atoms with Gasteiger partial charge in [0, 0.05) is 0 Å². The molecule has 8 heteroatoms. The number of benzene rings is 2. The average Bonchev–Trinajstić information content (AvgIpc) is 2.72. The van der Waals surface area contributed by atoms with E-state index in [1.54, 1.807) is 48.5 Å². The molecule has 4 atom stereocenters. The van der Waals surface area contributed by atoms with Crippen molar-refractivity contribution < 1.29 is 39.8 Å². The van der Waals surface area contributed by atoms with Crippen LogP contribution in [0.5, 0.6) is 11.5 Å². The standard InChI is InChI=1S/C24H28O8/c1-2-7-16(17-12-14-8-3-5-10-19(14)31-23(17,27)28)21(22(25)26)18-13-15-9-4-6-11-20(15)32-24(18,29)30/h3-6,8-11,16-18,21,27-30H,2,7,12-13H2,1H3,(H,25,26). The zero-order chi connectivity index (χ0) is 23.1. The van der Waals surface area contributed by atoms with E-state index in [9.17, 15) is 30.3 Å². The molecule has 0 aromatic heterocycles. The minimum Gasteiger partial charge on any atom is -0.481 e. The fourth-order valence-electron chi connectivity index (χ4n) is 5.17. The highest BCUT2D eigenvalue weighted by atomic mass is 16.8. The second-order valence-electron chi connectivity index (χ2n) is 8.67. The van der Waals surface area contributed by atoms with Crippen molar-refractivity contribution in [2.24, 2.45) is 23.7 Å². The molecule has 2 aliphatic rings. The highest BCUT2D eigenvalue weighted by Gasteiger charge is 2.56. The number of carboxylic acids is 1. The van der Waals surface area contributed by atoms with Crippen molar-refractivity contribution in [3.05, 3.63) is 59.7 Å². The van der Waals surface area contributed by atoms with Crippen molar-refractivity contribution in [3.63, 3.8) is 0 Å². The molecule has 0 saturated heterocycles. The van der Waals surface area contributed by atoms with Crippen LogP contribution < -0.4 is 9.47 Å². The molecule has 32 heavy (non-hydrogen) atoms. The van der Waals surface area contributed by atoms with Crippen molar-refractivity contribution >= 4 is 5.97 Å². The van der Waals surface area contributed by atoms with Crippen molar-refractivity contribution in [1.82, 2.24) is 0 Å². The summed E-state index contributed by atoms with van der Waals surface area (Å²) in [6, 6.07) is 13.7. The summed E-state index contributed by atoms with van der Waals surface area (Å²) in [4.78, 5) is 12.5. The van der Waals surface area contributed by atoms with Crippen LogP contribution in [0.4, 0.5) is 0 Å². The third-order valence-electron chi connectivity index (χ3n) is 6.63. The van der Waals surface area contributed by atoms with E-state index < -0.39 is 41.6 Å². The molecule has 4 rings (SSSR count). The lowest BCUT2D eigenvalue weighted by Crippen LogP contribution is -2.58. The van der Waals surface area contributed by atoms with E-state index in [2.05, 4.69) is 0 Å². The zero-order valence-electron chi connectivity index (χ0n) is 17.7. The summed E-state index contributed by atoms with van der Waals surface area (Å²) in [5, 5.41) is 53.2. The Hall–Kier alpha value is -2.65. The molecule has 2 aliphatic heterocycles. The van der Waals surface area contributed by atoms with Gasteiger partial charge in [-0.25, -0.2) is 0 Å². The molecule has 2 heterocycles. The van der Waals surface area contributed by atoms with Crippen LogP contribution in [0, 0.1) is 23.7 Å². The summed E-state index contributed by atoms with van der Waals surface area (Å²) >= 11 is 0. The first kappa shape index (κ1) is 22.5. The van der Waals surface area contributed by atoms with Gasteiger partial charge in [0.1, 0.15) is 11.5 Å². The van der Waals surface area contributed by atoms with Gasteiger partial charge in [-0.05, 0) is 48.4 Å². The van der Waals surface area contributed by atoms with Gasteiger partial charge in [0.2, 0.25) is 0 Å². The number of aliphatic hydroxyl groups is 4. The molecule has 0 fully saturated rings. The van der Waals surface area contributed by atoms with E-state index in [0.29, 0.717) is 24.2 Å². The van der Waals surface area contributed by atoms with Gasteiger partial charge in [0.15, 0.2) is 0 Å². The number of carboxylic acid groups (broad SMARTS) is 1. The fourth-order valence-corrected chi connectivity index (χ4v) is 5.17. The molecule has 172 valence electrons. The van der Waals surface area contributed by atoms with Gasteiger partial charge in [-0.3, -0.25) is 4.79 Å². The Labute approximate surface area is 185 Å². The Morgan fingerprint density at radius 3 is 1.88 bits per heavy atom. The van der Waals surface area contributed by atoms with E-state index in [4.69, 9.17) is 9.47 Å². The quantitative estimate of drug-likeness (QED) is 0.426. The number of hydrogen-bond acceptors (Lipinski definition) is 7. The molecular weight excluding hydrogens is 416 g/mol. The lowest BCUT2D eigenvalue weighted by atomic mass is 9.67. The smallest absolute Gasteiger partial charge is 0.326 e. The van der Waals surface area contributed by atoms with Crippen LogP contribution in [0.15, 0.2) is 48.5 Å². The van der Waals surface area contributed by atoms with Gasteiger partial charge >= 0.3 is 17.9 Å². The Kier molecular flexibility index (Phi) is 5.89. The monoisotopic (exact) mass is 444 g/mol. The zero-order valence-corrected chi connectivity index (χ0v) is 17.7. The number of fused-ring (bicyclic) bond motifs is 2. The van der Waals surface area contributed by atoms with Crippen LogP contribution in [0.2, 0.25) is 0 Å². The lowest BCUT2D eigenvalue weighted by Gasteiger charge is -2.46. The molecule has 0 amide bonds. The largest absolute Gasteiger partial charge is 0.481 e. The summed E-state index contributed by atoms with van der Waals surface area (Å²) in [5.74, 6) is -10.4. The lowest BCUT2D eigenvalue weighted by molar-refractivity contribution is -0.356. The summed E-state index contributed by atoms with van der Waals surface area (Å²) in [6.45, 7) is 1.86. The maximum Gasteiger partial charge on any atom is 0.326 e. The van der Waals surface area contributed by atoms with Crippen LogP contribution in [0.3, 0.4) is 0 Å². The van der Waals surface area contributed by atoms with Crippen LogP contribution in [-0.2, 0) is 17.6 Å². The van der Waals surface area contributed by atoms with E-state index in [1.165, 1.54) is 0 Å². The number of hydrogen-bond donors (Lipinski definition) is 5. The summed E-state index contributed by atoms with van der Waals surface area (Å²) in [7, 11) is 0. The Bertz CT molecular complexity index is 985. The molecule has 0 saturated carbocycles. The van der Waals surface area contributed by atoms with Crippen molar-refractivity contribution in [2.75, 3.05) is 0 Å². The molecule has 2 aromatic rings. The molecule has 0 spiro atoms. The number of ether oxygens (including phenoxy) is 2. The minimum absolute atomic E-state index is 0.0500. The van der Waals surface area contributed by atoms with Gasteiger partial charge in [0.05, 0.1) is 17.8 Å². The topological polar surface area (TPSA) is 137 Å². The second kappa shape index (κ2) is 8.37. The number of para-hydroxylation sites is 2. The number of rotatable bonds is 6. The van der Waals surface area contributed by atoms with Crippen molar-refractivity contribution in [2.45, 2.75) is 44.6 Å².